The van der Waals surface area contributed by atoms with E-state index in [1.807, 2.05) is 0 Å². The van der Waals surface area contributed by atoms with Crippen molar-refractivity contribution in [2.24, 2.45) is 10.9 Å². The van der Waals surface area contributed by atoms with Gasteiger partial charge in [0.1, 0.15) is 0 Å². The van der Waals surface area contributed by atoms with Crippen molar-refractivity contribution in [1.29, 1.82) is 0 Å². The highest BCUT2D eigenvalue weighted by Crippen LogP contribution is 2.28. The summed E-state index contributed by atoms with van der Waals surface area (Å²) in [4.78, 5) is 7.02. The maximum absolute atomic E-state index is 12.5. The number of rotatable bonds is 8. The smallest absolute Gasteiger partial charge is 0.422 e. The van der Waals surface area contributed by atoms with Gasteiger partial charge in [-0.3, -0.25) is 0 Å². The molecule has 4 nitrogen and oxygen atoms in total. The first-order valence-electron chi connectivity index (χ1n) is 11.2. The Morgan fingerprint density at radius 2 is 1.83 bits per heavy atom. The van der Waals surface area contributed by atoms with Crippen LogP contribution in [0.2, 0.25) is 0 Å². The number of ether oxygens (including phenoxy) is 1. The van der Waals surface area contributed by atoms with Crippen LogP contribution in [-0.4, -0.2) is 56.3 Å². The second-order valence-electron chi connectivity index (χ2n) is 8.30. The van der Waals surface area contributed by atoms with E-state index in [1.54, 1.807) is 6.92 Å². The summed E-state index contributed by atoms with van der Waals surface area (Å²) in [5.74, 6) is 1.01. The van der Waals surface area contributed by atoms with Crippen LogP contribution < -0.4 is 5.32 Å². The lowest BCUT2D eigenvalue weighted by molar-refractivity contribution is -0.156. The second-order valence-corrected chi connectivity index (χ2v) is 8.30. The molecule has 168 valence electrons. The summed E-state index contributed by atoms with van der Waals surface area (Å²) in [6.45, 7) is 5.66. The molecule has 1 aliphatic heterocycles. The Morgan fingerprint density at radius 1 is 1.14 bits per heavy atom. The minimum absolute atomic E-state index is 0.193. The minimum atomic E-state index is -4.33. The summed E-state index contributed by atoms with van der Waals surface area (Å²) >= 11 is 0. The van der Waals surface area contributed by atoms with E-state index in [9.17, 15) is 13.2 Å². The third-order valence-corrected chi connectivity index (χ3v) is 6.30. The van der Waals surface area contributed by atoms with E-state index >= 15 is 0 Å². The van der Waals surface area contributed by atoms with E-state index in [1.165, 1.54) is 37.7 Å². The summed E-state index contributed by atoms with van der Waals surface area (Å²) in [6.07, 6.45) is 5.07. The Kier molecular flexibility index (Phi) is 9.96. The van der Waals surface area contributed by atoms with Gasteiger partial charge >= 0.3 is 6.18 Å². The van der Waals surface area contributed by atoms with E-state index in [4.69, 9.17) is 4.74 Å². The molecule has 1 heterocycles. The first-order chi connectivity index (χ1) is 13.8. The summed E-state index contributed by atoms with van der Waals surface area (Å²) < 4.78 is 42.3. The van der Waals surface area contributed by atoms with Crippen LogP contribution >= 0.6 is 0 Å². The van der Waals surface area contributed by atoms with Crippen LogP contribution in [0.25, 0.3) is 0 Å². The molecule has 0 saturated heterocycles. The van der Waals surface area contributed by atoms with Gasteiger partial charge in [0.05, 0.1) is 0 Å². The van der Waals surface area contributed by atoms with E-state index < -0.39 is 12.8 Å². The monoisotopic (exact) mass is 417 g/mol. The Labute approximate surface area is 174 Å². The zero-order chi connectivity index (χ0) is 21.3. The van der Waals surface area contributed by atoms with Gasteiger partial charge in [0.2, 0.25) is 0 Å². The summed E-state index contributed by atoms with van der Waals surface area (Å²) in [7, 11) is 2.05. The molecule has 0 atom stereocenters. The Bertz CT molecular complexity index is 552. The van der Waals surface area contributed by atoms with Crippen molar-refractivity contribution in [3.63, 3.8) is 0 Å². The van der Waals surface area contributed by atoms with Gasteiger partial charge < -0.3 is 15.0 Å². The van der Waals surface area contributed by atoms with Crippen LogP contribution in [0.4, 0.5) is 13.2 Å². The lowest BCUT2D eigenvalue weighted by Gasteiger charge is -2.30. The molecule has 1 N–H and O–H groups in total. The third-order valence-electron chi connectivity index (χ3n) is 6.30. The van der Waals surface area contributed by atoms with Crippen molar-refractivity contribution in [1.82, 2.24) is 10.2 Å². The first-order valence-corrected chi connectivity index (χ1v) is 11.2. The van der Waals surface area contributed by atoms with Gasteiger partial charge in [0.15, 0.2) is 12.5 Å². The number of alkyl halides is 3. The van der Waals surface area contributed by atoms with E-state index in [2.05, 4.69) is 29.2 Å². The molecular weight excluding hydrogens is 379 g/mol. The highest BCUT2D eigenvalue weighted by atomic mass is 19.4. The molecule has 2 aliphatic rings. The fourth-order valence-electron chi connectivity index (χ4n) is 4.36. The Morgan fingerprint density at radius 3 is 2.41 bits per heavy atom. The quantitative estimate of drug-likeness (QED) is 0.430. The molecule has 1 saturated carbocycles. The first kappa shape index (κ1) is 24.2. The normalized spacial score (nSPS) is 25.2. The average Bonchev–Trinajstić information content (AvgIpc) is 2.90. The van der Waals surface area contributed by atoms with Crippen LogP contribution in [-0.2, 0) is 4.74 Å². The van der Waals surface area contributed by atoms with Crippen LogP contribution in [0.15, 0.2) is 16.3 Å². The lowest BCUT2D eigenvalue weighted by Crippen LogP contribution is -2.32. The van der Waals surface area contributed by atoms with Crippen molar-refractivity contribution >= 4 is 5.90 Å². The largest absolute Gasteiger partial charge is 0.471 e. The number of aliphatic imine (C=N–C) groups is 1. The molecule has 1 aliphatic carbocycles. The third kappa shape index (κ3) is 8.67. The zero-order valence-electron chi connectivity index (χ0n) is 18.3. The highest BCUT2D eigenvalue weighted by Gasteiger charge is 2.29. The molecule has 0 amide bonds. The molecule has 1 fully saturated rings. The lowest BCUT2D eigenvalue weighted by atomic mass is 9.84. The topological polar surface area (TPSA) is 36.9 Å². The van der Waals surface area contributed by atoms with Gasteiger partial charge in [-0.2, -0.15) is 13.2 Å². The predicted octanol–water partition coefficient (Wildman–Crippen LogP) is 5.30. The molecule has 0 unspecified atom stereocenters. The summed E-state index contributed by atoms with van der Waals surface area (Å²) in [5.41, 5.74) is 2.19. The van der Waals surface area contributed by atoms with E-state index in [-0.39, 0.29) is 5.90 Å². The maximum Gasteiger partial charge on any atom is 0.422 e. The van der Waals surface area contributed by atoms with Gasteiger partial charge in [0.25, 0.3) is 0 Å². The van der Waals surface area contributed by atoms with Crippen LogP contribution in [0.3, 0.4) is 0 Å². The van der Waals surface area contributed by atoms with Crippen LogP contribution in [0, 0.1) is 5.92 Å². The van der Waals surface area contributed by atoms with Gasteiger partial charge in [-0.25, -0.2) is 4.99 Å². The molecule has 0 spiro atoms. The van der Waals surface area contributed by atoms with Crippen molar-refractivity contribution in [3.8, 4) is 0 Å². The Balaban J connectivity index is 1.87. The maximum atomic E-state index is 12.5. The van der Waals surface area contributed by atoms with Crippen LogP contribution in [0.5, 0.6) is 0 Å². The number of hydrogen-bond acceptors (Lipinski definition) is 4. The minimum Gasteiger partial charge on any atom is -0.471 e. The molecule has 29 heavy (non-hydrogen) atoms. The van der Waals surface area contributed by atoms with Gasteiger partial charge in [-0.1, -0.05) is 13.8 Å². The molecular formula is C22H38F3N3O. The molecule has 0 aromatic carbocycles. The van der Waals surface area contributed by atoms with Gasteiger partial charge in [0, 0.05) is 37.7 Å². The highest BCUT2D eigenvalue weighted by molar-refractivity contribution is 5.77. The van der Waals surface area contributed by atoms with Crippen molar-refractivity contribution in [2.45, 2.75) is 83.9 Å². The summed E-state index contributed by atoms with van der Waals surface area (Å²) in [6, 6.07) is 0.688. The predicted molar refractivity (Wildman–Crippen MR) is 112 cm³/mol. The standard InChI is InChI=1S/C22H38F3N3O/c1-4-18-11-14-28(13-10-17-6-8-19(26-3)9-7-17)15-12-20(18)27-21(5-2)29-16-22(23,24)25/h17,19,26H,4-16H2,1-3H3. The second kappa shape index (κ2) is 11.9. The number of halogens is 3. The molecule has 7 heteroatoms. The fourth-order valence-corrected chi connectivity index (χ4v) is 4.36. The van der Waals surface area contributed by atoms with Crippen LogP contribution in [0.1, 0.15) is 71.6 Å². The SMILES string of the molecule is CCC(=NC1=C(CC)CCN(CCC2CCC(NC)CC2)CC1)OCC(F)(F)F. The van der Waals surface area contributed by atoms with Gasteiger partial charge in [-0.15, -0.1) is 0 Å². The number of hydrogen-bond donors (Lipinski definition) is 1. The molecule has 2 rings (SSSR count). The Hall–Kier alpha value is -1.08. The van der Waals surface area contributed by atoms with Gasteiger partial charge in [-0.05, 0) is 70.0 Å². The zero-order valence-corrected chi connectivity index (χ0v) is 18.3. The fraction of sp³-hybridized carbons (Fsp3) is 0.864. The van der Waals surface area contributed by atoms with Crippen molar-refractivity contribution in [2.75, 3.05) is 33.3 Å². The van der Waals surface area contributed by atoms with Crippen molar-refractivity contribution < 1.29 is 17.9 Å². The molecule has 0 aromatic heterocycles. The number of nitrogens with zero attached hydrogens (tertiary/aromatic N) is 2. The molecule has 0 aromatic rings. The van der Waals surface area contributed by atoms with Crippen molar-refractivity contribution in [3.05, 3.63) is 11.3 Å². The van der Waals surface area contributed by atoms with E-state index in [0.29, 0.717) is 12.5 Å². The molecule has 0 radical (unpaired) electrons. The van der Waals surface area contributed by atoms with E-state index in [0.717, 1.165) is 50.5 Å². The number of nitrogens with one attached hydrogen (secondary N) is 1. The molecule has 0 bridgehead atoms. The average molecular weight is 418 g/mol. The summed E-state index contributed by atoms with van der Waals surface area (Å²) in [5, 5.41) is 3.39.